The summed E-state index contributed by atoms with van der Waals surface area (Å²) in [6.07, 6.45) is 1.53. The molecule has 7 heteroatoms. The molecular weight excluding hydrogens is 375 g/mol. The highest BCUT2D eigenvalue weighted by molar-refractivity contribution is 5.95. The molecule has 6 nitrogen and oxygen atoms in total. The van der Waals surface area contributed by atoms with Crippen LogP contribution >= 0.6 is 0 Å². The normalized spacial score (nSPS) is 22.0. The van der Waals surface area contributed by atoms with Gasteiger partial charge in [-0.05, 0) is 37.1 Å². The number of para-hydroxylation sites is 2. The van der Waals surface area contributed by atoms with Crippen LogP contribution in [0.4, 0.5) is 10.1 Å². The fourth-order valence-electron chi connectivity index (χ4n) is 3.91. The minimum absolute atomic E-state index is 0.0113. The van der Waals surface area contributed by atoms with Gasteiger partial charge in [0.25, 0.3) is 11.8 Å². The molecule has 0 bridgehead atoms. The van der Waals surface area contributed by atoms with Crippen LogP contribution in [0.2, 0.25) is 0 Å². The van der Waals surface area contributed by atoms with Crippen LogP contribution in [-0.4, -0.2) is 55.2 Å². The number of nitrogens with zero attached hydrogens (tertiary/aromatic N) is 2. The second kappa shape index (κ2) is 8.21. The molecule has 0 saturated carbocycles. The zero-order valence-corrected chi connectivity index (χ0v) is 16.1. The highest BCUT2D eigenvalue weighted by atomic mass is 19.1. The molecule has 2 aromatic carbocycles. The van der Waals surface area contributed by atoms with Crippen molar-refractivity contribution in [2.24, 2.45) is 0 Å². The van der Waals surface area contributed by atoms with Crippen LogP contribution in [0, 0.1) is 5.82 Å². The van der Waals surface area contributed by atoms with Gasteiger partial charge in [0, 0.05) is 12.2 Å². The van der Waals surface area contributed by atoms with E-state index in [1.54, 1.807) is 21.9 Å². The molecule has 1 spiro atoms. The van der Waals surface area contributed by atoms with Crippen molar-refractivity contribution < 1.29 is 23.5 Å². The highest BCUT2D eigenvalue weighted by Crippen LogP contribution is 2.32. The number of likely N-dealkylation sites (tertiary alicyclic amines) is 1. The Bertz CT molecular complexity index is 891. The molecule has 2 aromatic rings. The topological polar surface area (TPSA) is 59.1 Å². The third-order valence-corrected chi connectivity index (χ3v) is 5.40. The summed E-state index contributed by atoms with van der Waals surface area (Å²) in [7, 11) is 0. The van der Waals surface area contributed by atoms with Gasteiger partial charge in [0.15, 0.2) is 18.2 Å². The molecule has 2 saturated heterocycles. The Morgan fingerprint density at radius 3 is 2.66 bits per heavy atom. The molecule has 2 aliphatic heterocycles. The van der Waals surface area contributed by atoms with E-state index in [1.807, 2.05) is 30.3 Å². The SMILES string of the molecule is O=C(COc1ccccc1F)N1CCCC2(C1)CN(c1ccccc1)C(=O)CO2. The Labute approximate surface area is 168 Å². The molecule has 2 amide bonds. The largest absolute Gasteiger partial charge is 0.481 e. The molecule has 29 heavy (non-hydrogen) atoms. The number of benzene rings is 2. The van der Waals surface area contributed by atoms with E-state index in [2.05, 4.69) is 0 Å². The summed E-state index contributed by atoms with van der Waals surface area (Å²) in [5.74, 6) is -0.752. The fraction of sp³-hybridized carbons (Fsp3) is 0.364. The first-order chi connectivity index (χ1) is 14.1. The number of carbonyl (C=O) groups is 2. The maximum Gasteiger partial charge on any atom is 0.260 e. The quantitative estimate of drug-likeness (QED) is 0.795. The van der Waals surface area contributed by atoms with Crippen molar-refractivity contribution >= 4 is 17.5 Å². The first kappa shape index (κ1) is 19.4. The average Bonchev–Trinajstić information content (AvgIpc) is 2.76. The van der Waals surface area contributed by atoms with E-state index in [9.17, 15) is 14.0 Å². The Kier molecular flexibility index (Phi) is 5.49. The standard InChI is InChI=1S/C22H23FN2O4/c23-18-9-4-5-10-19(18)28-13-20(26)24-12-6-11-22(15-24)16-25(21(27)14-29-22)17-7-2-1-3-8-17/h1-5,7-10H,6,11-16H2. The number of piperidine rings is 1. The zero-order chi connectivity index (χ0) is 20.3. The van der Waals surface area contributed by atoms with Crippen LogP contribution in [0.15, 0.2) is 54.6 Å². The van der Waals surface area contributed by atoms with E-state index in [0.717, 1.165) is 18.5 Å². The predicted octanol–water partition coefficient (Wildman–Crippen LogP) is 2.63. The van der Waals surface area contributed by atoms with Gasteiger partial charge in [0.05, 0.1) is 13.1 Å². The van der Waals surface area contributed by atoms with Crippen molar-refractivity contribution in [1.29, 1.82) is 0 Å². The highest BCUT2D eigenvalue weighted by Gasteiger charge is 2.44. The molecule has 0 N–H and O–H groups in total. The van der Waals surface area contributed by atoms with Gasteiger partial charge in [0.2, 0.25) is 0 Å². The summed E-state index contributed by atoms with van der Waals surface area (Å²) in [5, 5.41) is 0. The molecule has 1 atom stereocenters. The molecule has 0 radical (unpaired) electrons. The first-order valence-electron chi connectivity index (χ1n) is 9.71. The lowest BCUT2D eigenvalue weighted by molar-refractivity contribution is -0.154. The Morgan fingerprint density at radius 1 is 1.10 bits per heavy atom. The van der Waals surface area contributed by atoms with Gasteiger partial charge < -0.3 is 19.3 Å². The van der Waals surface area contributed by atoms with E-state index in [1.165, 1.54) is 12.1 Å². The van der Waals surface area contributed by atoms with E-state index < -0.39 is 11.4 Å². The number of ether oxygens (including phenoxy) is 2. The monoisotopic (exact) mass is 398 g/mol. The summed E-state index contributed by atoms with van der Waals surface area (Å²) in [6, 6.07) is 15.5. The summed E-state index contributed by atoms with van der Waals surface area (Å²) < 4.78 is 25.0. The van der Waals surface area contributed by atoms with Crippen molar-refractivity contribution in [1.82, 2.24) is 4.90 Å². The van der Waals surface area contributed by atoms with Crippen molar-refractivity contribution in [3.63, 3.8) is 0 Å². The smallest absolute Gasteiger partial charge is 0.260 e. The molecule has 2 fully saturated rings. The van der Waals surface area contributed by atoms with Gasteiger partial charge >= 0.3 is 0 Å². The Morgan fingerprint density at radius 2 is 1.86 bits per heavy atom. The van der Waals surface area contributed by atoms with Crippen LogP contribution in [0.25, 0.3) is 0 Å². The maximum atomic E-state index is 13.7. The lowest BCUT2D eigenvalue weighted by Crippen LogP contribution is -2.62. The maximum absolute atomic E-state index is 13.7. The van der Waals surface area contributed by atoms with Crippen molar-refractivity contribution in [2.45, 2.75) is 18.4 Å². The Balaban J connectivity index is 1.42. The van der Waals surface area contributed by atoms with Crippen LogP contribution in [0.5, 0.6) is 5.75 Å². The first-order valence-corrected chi connectivity index (χ1v) is 9.71. The number of anilines is 1. The fourth-order valence-corrected chi connectivity index (χ4v) is 3.91. The number of halogens is 1. The molecule has 2 heterocycles. The molecule has 0 aliphatic carbocycles. The second-order valence-electron chi connectivity index (χ2n) is 7.43. The van der Waals surface area contributed by atoms with Crippen LogP contribution in [0.3, 0.4) is 0 Å². The molecule has 1 unspecified atom stereocenters. The van der Waals surface area contributed by atoms with Gasteiger partial charge in [-0.25, -0.2) is 4.39 Å². The number of hydrogen-bond acceptors (Lipinski definition) is 4. The predicted molar refractivity (Wildman–Crippen MR) is 105 cm³/mol. The average molecular weight is 398 g/mol. The summed E-state index contributed by atoms with van der Waals surface area (Å²) in [4.78, 5) is 28.5. The van der Waals surface area contributed by atoms with Gasteiger partial charge in [-0.2, -0.15) is 0 Å². The number of amides is 2. The number of rotatable bonds is 4. The van der Waals surface area contributed by atoms with Gasteiger partial charge in [-0.3, -0.25) is 9.59 Å². The summed E-state index contributed by atoms with van der Waals surface area (Å²) >= 11 is 0. The van der Waals surface area contributed by atoms with E-state index >= 15 is 0 Å². The third kappa shape index (κ3) is 4.24. The molecule has 4 rings (SSSR count). The minimum Gasteiger partial charge on any atom is -0.481 e. The van der Waals surface area contributed by atoms with Crippen LogP contribution < -0.4 is 9.64 Å². The summed E-state index contributed by atoms with van der Waals surface area (Å²) in [5.41, 5.74) is 0.224. The zero-order valence-electron chi connectivity index (χ0n) is 16.1. The van der Waals surface area contributed by atoms with Crippen LogP contribution in [0.1, 0.15) is 12.8 Å². The second-order valence-corrected chi connectivity index (χ2v) is 7.43. The number of morpholine rings is 1. The van der Waals surface area contributed by atoms with Gasteiger partial charge in [-0.15, -0.1) is 0 Å². The lowest BCUT2D eigenvalue weighted by atomic mass is 9.90. The van der Waals surface area contributed by atoms with Crippen LogP contribution in [-0.2, 0) is 14.3 Å². The summed E-state index contributed by atoms with van der Waals surface area (Å²) in [6.45, 7) is 1.11. The van der Waals surface area contributed by atoms with Crippen molar-refractivity contribution in [3.8, 4) is 5.75 Å². The number of carbonyl (C=O) groups excluding carboxylic acids is 2. The van der Waals surface area contributed by atoms with Gasteiger partial charge in [0.1, 0.15) is 12.2 Å². The minimum atomic E-state index is -0.602. The van der Waals surface area contributed by atoms with Crippen molar-refractivity contribution in [2.75, 3.05) is 37.7 Å². The lowest BCUT2D eigenvalue weighted by Gasteiger charge is -2.47. The van der Waals surface area contributed by atoms with E-state index in [-0.39, 0.29) is 30.8 Å². The molecule has 2 aliphatic rings. The molecule has 0 aromatic heterocycles. The van der Waals surface area contributed by atoms with E-state index in [0.29, 0.717) is 19.6 Å². The Hall–Kier alpha value is -2.93. The van der Waals surface area contributed by atoms with Gasteiger partial charge in [-0.1, -0.05) is 30.3 Å². The number of hydrogen-bond donors (Lipinski definition) is 0. The van der Waals surface area contributed by atoms with E-state index in [4.69, 9.17) is 9.47 Å². The van der Waals surface area contributed by atoms with Crippen molar-refractivity contribution in [3.05, 3.63) is 60.4 Å². The molecule has 152 valence electrons. The third-order valence-electron chi connectivity index (χ3n) is 5.40. The molecular formula is C22H23FN2O4.